The molecule has 1 aromatic rings. The van der Waals surface area contributed by atoms with Crippen LogP contribution in [0.1, 0.15) is 20.3 Å². The summed E-state index contributed by atoms with van der Waals surface area (Å²) in [5.74, 6) is -0.150. The molecule has 0 bridgehead atoms. The van der Waals surface area contributed by atoms with E-state index in [0.717, 1.165) is 13.0 Å². The lowest BCUT2D eigenvalue weighted by Gasteiger charge is -2.21. The van der Waals surface area contributed by atoms with Crippen molar-refractivity contribution in [3.05, 3.63) is 29.6 Å². The van der Waals surface area contributed by atoms with E-state index in [0.29, 0.717) is 0 Å². The van der Waals surface area contributed by atoms with Crippen LogP contribution in [-0.2, 0) is 0 Å². The van der Waals surface area contributed by atoms with E-state index < -0.39 is 5.82 Å². The van der Waals surface area contributed by atoms with Crippen LogP contribution in [0.3, 0.4) is 0 Å². The maximum Gasteiger partial charge on any atom is 0.140 e. The minimum absolute atomic E-state index is 0.0594. The number of hydrogen-bond acceptors (Lipinski definition) is 3. The number of likely N-dealkylation sites (N-methyl/N-ethyl adjacent to an activating group) is 1. The standard InChI is InChI=1S/C13H19FN4/c1-13(2)6-10(17(3)8-13)12(16)18-7-9(14)4-5-11(18)15/h4-5,7,10,15-16H,6,8H2,1-3H3/t10-/m0/s1. The Hall–Kier alpha value is -1.49. The molecule has 0 amide bonds. The zero-order chi connectivity index (χ0) is 13.5. The molecule has 1 fully saturated rings. The van der Waals surface area contributed by atoms with Crippen LogP contribution < -0.4 is 5.49 Å². The minimum Gasteiger partial charge on any atom is -0.296 e. The second-order valence-corrected chi connectivity index (χ2v) is 5.79. The number of halogens is 1. The highest BCUT2D eigenvalue weighted by molar-refractivity contribution is 5.86. The van der Waals surface area contributed by atoms with Crippen LogP contribution in [0.15, 0.2) is 18.3 Å². The predicted molar refractivity (Wildman–Crippen MR) is 68.2 cm³/mol. The summed E-state index contributed by atoms with van der Waals surface area (Å²) in [5.41, 5.74) is 0.293. The van der Waals surface area contributed by atoms with E-state index in [1.165, 1.54) is 22.9 Å². The van der Waals surface area contributed by atoms with Crippen molar-refractivity contribution < 1.29 is 4.39 Å². The highest BCUT2D eigenvalue weighted by atomic mass is 19.1. The van der Waals surface area contributed by atoms with Crippen molar-refractivity contribution in [3.8, 4) is 0 Å². The monoisotopic (exact) mass is 250 g/mol. The van der Waals surface area contributed by atoms with Gasteiger partial charge in [-0.05, 0) is 31.0 Å². The smallest absolute Gasteiger partial charge is 0.140 e. The topological polar surface area (TPSA) is 55.9 Å². The Morgan fingerprint density at radius 2 is 2.11 bits per heavy atom. The quantitative estimate of drug-likeness (QED) is 0.578. The SMILES string of the molecule is CN1CC(C)(C)C[C@H]1C(=N)n1cc(F)ccc1=N. The molecule has 2 rings (SSSR count). The third kappa shape index (κ3) is 2.36. The summed E-state index contributed by atoms with van der Waals surface area (Å²) in [6.07, 6.45) is 2.06. The van der Waals surface area contributed by atoms with Gasteiger partial charge in [-0.15, -0.1) is 0 Å². The lowest BCUT2D eigenvalue weighted by molar-refractivity contribution is 0.324. The molecule has 5 heteroatoms. The molecule has 0 aliphatic carbocycles. The van der Waals surface area contributed by atoms with Gasteiger partial charge in [0.05, 0.1) is 6.04 Å². The van der Waals surface area contributed by atoms with E-state index in [1.807, 2.05) is 7.05 Å². The van der Waals surface area contributed by atoms with Crippen LogP contribution in [0.2, 0.25) is 0 Å². The van der Waals surface area contributed by atoms with E-state index >= 15 is 0 Å². The van der Waals surface area contributed by atoms with E-state index in [1.54, 1.807) is 0 Å². The Kier molecular flexibility index (Phi) is 3.11. The first kappa shape index (κ1) is 13.0. The number of pyridine rings is 1. The molecule has 0 aromatic carbocycles. The van der Waals surface area contributed by atoms with Crippen LogP contribution in [0.25, 0.3) is 0 Å². The predicted octanol–water partition coefficient (Wildman–Crippen LogP) is 1.66. The van der Waals surface area contributed by atoms with E-state index in [4.69, 9.17) is 10.8 Å². The molecule has 1 aliphatic heterocycles. The van der Waals surface area contributed by atoms with Crippen molar-refractivity contribution in [2.75, 3.05) is 13.6 Å². The summed E-state index contributed by atoms with van der Waals surface area (Å²) in [6.45, 7) is 5.23. The molecule has 0 spiro atoms. The summed E-state index contributed by atoms with van der Waals surface area (Å²) >= 11 is 0. The molecule has 4 nitrogen and oxygen atoms in total. The molecule has 0 radical (unpaired) electrons. The Bertz CT molecular complexity index is 532. The molecule has 1 aromatic heterocycles. The lowest BCUT2D eigenvalue weighted by atomic mass is 9.90. The number of likely N-dealkylation sites (tertiary alicyclic amines) is 1. The van der Waals surface area contributed by atoms with Gasteiger partial charge >= 0.3 is 0 Å². The van der Waals surface area contributed by atoms with Gasteiger partial charge in [-0.3, -0.25) is 20.3 Å². The van der Waals surface area contributed by atoms with Crippen LogP contribution in [0, 0.1) is 22.1 Å². The van der Waals surface area contributed by atoms with Gasteiger partial charge in [0, 0.05) is 12.7 Å². The Labute approximate surface area is 106 Å². The zero-order valence-corrected chi connectivity index (χ0v) is 11.0. The van der Waals surface area contributed by atoms with Crippen molar-refractivity contribution in [1.29, 1.82) is 10.8 Å². The second-order valence-electron chi connectivity index (χ2n) is 5.79. The van der Waals surface area contributed by atoms with Crippen LogP contribution in [0.4, 0.5) is 4.39 Å². The first-order valence-corrected chi connectivity index (χ1v) is 6.02. The van der Waals surface area contributed by atoms with E-state index in [-0.39, 0.29) is 22.8 Å². The highest BCUT2D eigenvalue weighted by Crippen LogP contribution is 2.33. The molecule has 98 valence electrons. The average Bonchev–Trinajstić information content (AvgIpc) is 2.55. The molecule has 2 heterocycles. The Morgan fingerprint density at radius 3 is 2.67 bits per heavy atom. The van der Waals surface area contributed by atoms with Crippen LogP contribution in [-0.4, -0.2) is 34.9 Å². The number of aromatic nitrogens is 1. The van der Waals surface area contributed by atoms with Crippen molar-refractivity contribution in [2.24, 2.45) is 5.41 Å². The third-order valence-electron chi connectivity index (χ3n) is 3.44. The van der Waals surface area contributed by atoms with Crippen molar-refractivity contribution >= 4 is 5.84 Å². The molecule has 0 unspecified atom stereocenters. The van der Waals surface area contributed by atoms with E-state index in [2.05, 4.69) is 18.7 Å². The number of nitrogens with zero attached hydrogens (tertiary/aromatic N) is 2. The van der Waals surface area contributed by atoms with E-state index in [9.17, 15) is 4.39 Å². The first-order chi connectivity index (χ1) is 8.30. The fourth-order valence-electron chi connectivity index (χ4n) is 2.67. The van der Waals surface area contributed by atoms with Gasteiger partial charge in [0.25, 0.3) is 0 Å². The summed E-state index contributed by atoms with van der Waals surface area (Å²) in [7, 11) is 1.97. The maximum atomic E-state index is 13.2. The van der Waals surface area contributed by atoms with Crippen molar-refractivity contribution in [1.82, 2.24) is 9.47 Å². The Morgan fingerprint density at radius 1 is 1.44 bits per heavy atom. The molecule has 0 saturated carbocycles. The summed E-state index contributed by atoms with van der Waals surface area (Å²) in [4.78, 5) is 2.10. The summed E-state index contributed by atoms with van der Waals surface area (Å²) in [5, 5.41) is 16.0. The molecule has 1 atom stereocenters. The summed E-state index contributed by atoms with van der Waals surface area (Å²) in [6, 6.07) is 2.56. The first-order valence-electron chi connectivity index (χ1n) is 6.02. The van der Waals surface area contributed by atoms with Gasteiger partial charge in [0.15, 0.2) is 0 Å². The van der Waals surface area contributed by atoms with Crippen LogP contribution in [0.5, 0.6) is 0 Å². The fourth-order valence-corrected chi connectivity index (χ4v) is 2.67. The lowest BCUT2D eigenvalue weighted by Crippen LogP contribution is -2.40. The molecule has 1 saturated heterocycles. The fraction of sp³-hybridized carbons (Fsp3) is 0.538. The molecule has 2 N–H and O–H groups in total. The van der Waals surface area contributed by atoms with Crippen molar-refractivity contribution in [3.63, 3.8) is 0 Å². The number of rotatable bonds is 1. The second kappa shape index (κ2) is 4.31. The third-order valence-corrected chi connectivity index (χ3v) is 3.44. The highest BCUT2D eigenvalue weighted by Gasteiger charge is 2.38. The summed E-state index contributed by atoms with van der Waals surface area (Å²) < 4.78 is 14.5. The van der Waals surface area contributed by atoms with Gasteiger partial charge in [-0.1, -0.05) is 13.8 Å². The van der Waals surface area contributed by atoms with Gasteiger partial charge in [-0.25, -0.2) is 4.39 Å². The normalized spacial score (nSPS) is 23.2. The van der Waals surface area contributed by atoms with Gasteiger partial charge in [0.1, 0.15) is 17.1 Å². The Balaban J connectivity index is 2.32. The molecular formula is C13H19FN4. The van der Waals surface area contributed by atoms with Gasteiger partial charge in [-0.2, -0.15) is 0 Å². The molecule has 18 heavy (non-hydrogen) atoms. The molecule has 1 aliphatic rings. The van der Waals surface area contributed by atoms with Crippen molar-refractivity contribution in [2.45, 2.75) is 26.3 Å². The van der Waals surface area contributed by atoms with Gasteiger partial charge < -0.3 is 0 Å². The zero-order valence-electron chi connectivity index (χ0n) is 11.0. The van der Waals surface area contributed by atoms with Crippen LogP contribution >= 0.6 is 0 Å². The molecular weight excluding hydrogens is 231 g/mol. The largest absolute Gasteiger partial charge is 0.296 e. The average molecular weight is 250 g/mol. The van der Waals surface area contributed by atoms with Gasteiger partial charge in [0.2, 0.25) is 0 Å². The maximum absolute atomic E-state index is 13.2. The number of nitrogens with one attached hydrogen (secondary N) is 2. The number of hydrogen-bond donors (Lipinski definition) is 2. The minimum atomic E-state index is -0.421.